The van der Waals surface area contributed by atoms with Crippen LogP contribution in [0.5, 0.6) is 11.6 Å². The Hall–Kier alpha value is -2.24. The minimum absolute atomic E-state index is 0.152. The summed E-state index contributed by atoms with van der Waals surface area (Å²) < 4.78 is 31.9. The van der Waals surface area contributed by atoms with Gasteiger partial charge in [0.05, 0.1) is 5.56 Å². The predicted molar refractivity (Wildman–Crippen MR) is 66.9 cm³/mol. The third-order valence-corrected chi connectivity index (χ3v) is 2.56. The molecule has 2 N–H and O–H groups in total. The van der Waals surface area contributed by atoms with Gasteiger partial charge >= 0.3 is 0 Å². The fourth-order valence-corrected chi connectivity index (χ4v) is 1.65. The van der Waals surface area contributed by atoms with Crippen LogP contribution < -0.4 is 10.5 Å². The molecule has 2 rings (SSSR count). The fourth-order valence-electron chi connectivity index (χ4n) is 1.65. The molecule has 0 bridgehead atoms. The van der Waals surface area contributed by atoms with Gasteiger partial charge in [-0.2, -0.15) is 4.39 Å². The maximum absolute atomic E-state index is 13.5. The topological polar surface area (TPSA) is 61.0 Å². The van der Waals surface area contributed by atoms with E-state index in [-0.39, 0.29) is 17.4 Å². The van der Waals surface area contributed by atoms with Crippen LogP contribution in [0, 0.1) is 11.6 Å². The maximum Gasteiger partial charge on any atom is 0.227 e. The van der Waals surface area contributed by atoms with Crippen molar-refractivity contribution >= 4 is 5.82 Å². The van der Waals surface area contributed by atoms with Gasteiger partial charge in [0.25, 0.3) is 0 Å². The Labute approximate surface area is 109 Å². The number of halogens is 2. The average molecular weight is 265 g/mol. The van der Waals surface area contributed by atoms with E-state index in [1.165, 1.54) is 18.5 Å². The minimum Gasteiger partial charge on any atom is -0.435 e. The number of nitrogen functional groups attached to an aromatic ring is 1. The number of aromatic nitrogens is 2. The van der Waals surface area contributed by atoms with E-state index in [1.807, 2.05) is 6.92 Å². The summed E-state index contributed by atoms with van der Waals surface area (Å²) in [6, 6.07) is 3.70. The predicted octanol–water partition coefficient (Wildman–Crippen LogP) is 3.08. The van der Waals surface area contributed by atoms with Crippen LogP contribution in [0.1, 0.15) is 18.9 Å². The molecule has 0 spiro atoms. The minimum atomic E-state index is -1.05. The quantitative estimate of drug-likeness (QED) is 0.922. The van der Waals surface area contributed by atoms with Crippen molar-refractivity contribution in [3.63, 3.8) is 0 Å². The highest BCUT2D eigenvalue weighted by Crippen LogP contribution is 2.29. The highest BCUT2D eigenvalue weighted by molar-refractivity contribution is 5.46. The number of anilines is 1. The molecule has 19 heavy (non-hydrogen) atoms. The van der Waals surface area contributed by atoms with Crippen molar-refractivity contribution in [2.45, 2.75) is 19.8 Å². The van der Waals surface area contributed by atoms with Crippen molar-refractivity contribution in [1.82, 2.24) is 9.97 Å². The molecule has 1 aromatic heterocycles. The Morgan fingerprint density at radius 3 is 2.79 bits per heavy atom. The van der Waals surface area contributed by atoms with Crippen LogP contribution in [0.2, 0.25) is 0 Å². The van der Waals surface area contributed by atoms with Crippen LogP contribution in [-0.4, -0.2) is 9.97 Å². The van der Waals surface area contributed by atoms with Gasteiger partial charge in [0, 0.05) is 0 Å². The standard InChI is InChI=1S/C13H13F2N3O/c1-2-4-8-12(16)17-7-18-13(8)19-10-6-3-5-9(14)11(10)15/h3,5-7H,2,4H2,1H3,(H2,16,17,18). The normalized spacial score (nSPS) is 10.5. The average Bonchev–Trinajstić information content (AvgIpc) is 2.39. The van der Waals surface area contributed by atoms with Gasteiger partial charge in [-0.3, -0.25) is 0 Å². The van der Waals surface area contributed by atoms with Gasteiger partial charge in [-0.15, -0.1) is 0 Å². The SMILES string of the molecule is CCCc1c(N)ncnc1Oc1cccc(F)c1F. The van der Waals surface area contributed by atoms with E-state index in [1.54, 1.807) is 0 Å². The first-order valence-electron chi connectivity index (χ1n) is 5.84. The van der Waals surface area contributed by atoms with Crippen molar-refractivity contribution < 1.29 is 13.5 Å². The molecule has 0 aliphatic rings. The zero-order valence-electron chi connectivity index (χ0n) is 10.4. The Morgan fingerprint density at radius 1 is 1.26 bits per heavy atom. The van der Waals surface area contributed by atoms with Gasteiger partial charge in [0.15, 0.2) is 11.6 Å². The highest BCUT2D eigenvalue weighted by atomic mass is 19.2. The molecular weight excluding hydrogens is 252 g/mol. The monoisotopic (exact) mass is 265 g/mol. The molecule has 2 aromatic rings. The molecule has 0 aliphatic carbocycles. The second kappa shape index (κ2) is 5.60. The summed E-state index contributed by atoms with van der Waals surface area (Å²) in [7, 11) is 0. The second-order valence-corrected chi connectivity index (χ2v) is 3.95. The van der Waals surface area contributed by atoms with E-state index in [4.69, 9.17) is 10.5 Å². The molecule has 4 nitrogen and oxygen atoms in total. The molecule has 0 unspecified atom stereocenters. The third kappa shape index (κ3) is 2.78. The van der Waals surface area contributed by atoms with Gasteiger partial charge in [-0.1, -0.05) is 19.4 Å². The third-order valence-electron chi connectivity index (χ3n) is 2.56. The Kier molecular flexibility index (Phi) is 3.89. The van der Waals surface area contributed by atoms with Crippen LogP contribution >= 0.6 is 0 Å². The van der Waals surface area contributed by atoms with Crippen LogP contribution in [0.3, 0.4) is 0 Å². The van der Waals surface area contributed by atoms with E-state index in [9.17, 15) is 8.78 Å². The molecule has 0 saturated carbocycles. The van der Waals surface area contributed by atoms with Crippen molar-refractivity contribution in [3.05, 3.63) is 41.7 Å². The summed E-state index contributed by atoms with van der Waals surface area (Å²) in [4.78, 5) is 7.78. The van der Waals surface area contributed by atoms with Crippen molar-refractivity contribution in [2.24, 2.45) is 0 Å². The van der Waals surface area contributed by atoms with E-state index in [0.29, 0.717) is 12.0 Å². The van der Waals surface area contributed by atoms with Crippen molar-refractivity contribution in [2.75, 3.05) is 5.73 Å². The zero-order chi connectivity index (χ0) is 13.8. The molecule has 100 valence electrons. The molecule has 0 radical (unpaired) electrons. The summed E-state index contributed by atoms with van der Waals surface area (Å²) in [5.41, 5.74) is 6.32. The van der Waals surface area contributed by atoms with Crippen LogP contribution in [0.15, 0.2) is 24.5 Å². The van der Waals surface area contributed by atoms with Gasteiger partial charge in [-0.05, 0) is 18.6 Å². The Morgan fingerprint density at radius 2 is 2.05 bits per heavy atom. The zero-order valence-corrected chi connectivity index (χ0v) is 10.4. The number of nitrogens with zero attached hydrogens (tertiary/aromatic N) is 2. The molecule has 0 amide bonds. The molecule has 1 heterocycles. The molecule has 0 atom stereocenters. The first-order chi connectivity index (χ1) is 9.13. The largest absolute Gasteiger partial charge is 0.435 e. The lowest BCUT2D eigenvalue weighted by atomic mass is 10.2. The summed E-state index contributed by atoms with van der Waals surface area (Å²) in [6.45, 7) is 1.96. The first-order valence-corrected chi connectivity index (χ1v) is 5.84. The van der Waals surface area contributed by atoms with E-state index < -0.39 is 11.6 Å². The fraction of sp³-hybridized carbons (Fsp3) is 0.231. The van der Waals surface area contributed by atoms with Gasteiger partial charge in [0.2, 0.25) is 11.7 Å². The van der Waals surface area contributed by atoms with Crippen molar-refractivity contribution in [1.29, 1.82) is 0 Å². The first kappa shape index (κ1) is 13.2. The summed E-state index contributed by atoms with van der Waals surface area (Å²) in [6.07, 6.45) is 2.62. The molecule has 0 aliphatic heterocycles. The smallest absolute Gasteiger partial charge is 0.227 e. The van der Waals surface area contributed by atoms with Crippen LogP contribution in [0.4, 0.5) is 14.6 Å². The van der Waals surface area contributed by atoms with Gasteiger partial charge < -0.3 is 10.5 Å². The van der Waals surface area contributed by atoms with Crippen LogP contribution in [0.25, 0.3) is 0 Å². The van der Waals surface area contributed by atoms with Crippen LogP contribution in [-0.2, 0) is 6.42 Å². The summed E-state index contributed by atoms with van der Waals surface area (Å²) in [5, 5.41) is 0. The highest BCUT2D eigenvalue weighted by Gasteiger charge is 2.14. The number of hydrogen-bond donors (Lipinski definition) is 1. The second-order valence-electron chi connectivity index (χ2n) is 3.95. The lowest BCUT2D eigenvalue weighted by Crippen LogP contribution is -2.03. The van der Waals surface area contributed by atoms with E-state index >= 15 is 0 Å². The number of ether oxygens (including phenoxy) is 1. The van der Waals surface area contributed by atoms with Gasteiger partial charge in [-0.25, -0.2) is 14.4 Å². The maximum atomic E-state index is 13.5. The number of benzene rings is 1. The summed E-state index contributed by atoms with van der Waals surface area (Å²) in [5.74, 6) is -1.82. The Balaban J connectivity index is 2.38. The molecule has 1 aromatic carbocycles. The lowest BCUT2D eigenvalue weighted by molar-refractivity contribution is 0.401. The van der Waals surface area contributed by atoms with E-state index in [0.717, 1.165) is 12.5 Å². The molecule has 0 saturated heterocycles. The van der Waals surface area contributed by atoms with Crippen molar-refractivity contribution in [3.8, 4) is 11.6 Å². The summed E-state index contributed by atoms with van der Waals surface area (Å²) >= 11 is 0. The Bertz CT molecular complexity index is 590. The number of rotatable bonds is 4. The number of hydrogen-bond acceptors (Lipinski definition) is 4. The molecular formula is C13H13F2N3O. The van der Waals surface area contributed by atoms with Gasteiger partial charge in [0.1, 0.15) is 12.1 Å². The lowest BCUT2D eigenvalue weighted by Gasteiger charge is -2.11. The molecule has 0 fully saturated rings. The molecule has 6 heteroatoms. The van der Waals surface area contributed by atoms with E-state index in [2.05, 4.69) is 9.97 Å². The number of nitrogens with two attached hydrogens (primary N) is 1.